The van der Waals surface area contributed by atoms with Crippen molar-refractivity contribution in [1.29, 1.82) is 0 Å². The summed E-state index contributed by atoms with van der Waals surface area (Å²) in [4.78, 5) is 17.8. The van der Waals surface area contributed by atoms with E-state index in [2.05, 4.69) is 43.0 Å². The van der Waals surface area contributed by atoms with Gasteiger partial charge in [-0.3, -0.25) is 4.79 Å². The molecule has 1 heterocycles. The largest absolute Gasteiger partial charge is 0.481 e. The van der Waals surface area contributed by atoms with Crippen LogP contribution in [0, 0.1) is 11.8 Å². The van der Waals surface area contributed by atoms with Gasteiger partial charge in [-0.1, -0.05) is 34.6 Å². The molecule has 20 heavy (non-hydrogen) atoms. The molecule has 0 radical (unpaired) electrons. The molecule has 0 saturated heterocycles. The maximum Gasteiger partial charge on any atom is 0.308 e. The molecule has 0 bridgehead atoms. The molecule has 0 aliphatic rings. The van der Waals surface area contributed by atoms with Crippen molar-refractivity contribution in [2.75, 3.05) is 18.0 Å². The number of nitrogens with zero attached hydrogens (tertiary/aromatic N) is 2. The smallest absolute Gasteiger partial charge is 0.308 e. The van der Waals surface area contributed by atoms with Gasteiger partial charge in [-0.2, -0.15) is 0 Å². The molecule has 0 aliphatic heterocycles. The third-order valence-corrected chi connectivity index (χ3v) is 4.18. The Labute approximate surface area is 125 Å². The minimum atomic E-state index is -0.750. The quantitative estimate of drug-likeness (QED) is 0.792. The fourth-order valence-electron chi connectivity index (χ4n) is 1.77. The lowest BCUT2D eigenvalue weighted by Gasteiger charge is -2.24. The van der Waals surface area contributed by atoms with Crippen molar-refractivity contribution in [2.24, 2.45) is 11.8 Å². The zero-order valence-electron chi connectivity index (χ0n) is 13.1. The number of carboxylic acid groups (broad SMARTS) is 1. The van der Waals surface area contributed by atoms with Crippen LogP contribution in [0.15, 0.2) is 5.38 Å². The number of hydrogen-bond donors (Lipinski definition) is 1. The average Bonchev–Trinajstić information content (AvgIpc) is 2.83. The van der Waals surface area contributed by atoms with E-state index in [0.717, 1.165) is 23.8 Å². The first-order valence-corrected chi connectivity index (χ1v) is 8.12. The summed E-state index contributed by atoms with van der Waals surface area (Å²) in [5.41, 5.74) is 1.09. The Morgan fingerprint density at radius 1 is 1.35 bits per heavy atom. The van der Waals surface area contributed by atoms with E-state index < -0.39 is 5.97 Å². The molecular weight excluding hydrogens is 272 g/mol. The summed E-state index contributed by atoms with van der Waals surface area (Å²) < 4.78 is 0. The molecule has 4 nitrogen and oxygen atoms in total. The second-order valence-corrected chi connectivity index (χ2v) is 6.91. The minimum Gasteiger partial charge on any atom is -0.481 e. The molecule has 0 aliphatic carbocycles. The molecular formula is C15H26N2O2S. The van der Waals surface area contributed by atoms with E-state index in [9.17, 15) is 4.79 Å². The normalized spacial score (nSPS) is 12.9. The Bertz CT molecular complexity index is 429. The van der Waals surface area contributed by atoms with E-state index >= 15 is 0 Å². The highest BCUT2D eigenvalue weighted by atomic mass is 32.1. The third-order valence-electron chi connectivity index (χ3n) is 3.26. The standard InChI is InChI=1S/C15H26N2O2S/c1-10(2)6-7-17(8-12(5)14(18)19)15-16-13(9-20-15)11(3)4/h9-12H,6-8H2,1-5H3,(H,18,19). The van der Waals surface area contributed by atoms with Gasteiger partial charge in [-0.15, -0.1) is 11.3 Å². The predicted octanol–water partition coefficient (Wildman–Crippen LogP) is 3.84. The van der Waals surface area contributed by atoms with E-state index in [-0.39, 0.29) is 5.92 Å². The fourth-order valence-corrected chi connectivity index (χ4v) is 2.80. The average molecular weight is 298 g/mol. The summed E-state index contributed by atoms with van der Waals surface area (Å²) in [7, 11) is 0. The molecule has 1 unspecified atom stereocenters. The molecule has 1 atom stereocenters. The third kappa shape index (κ3) is 5.12. The van der Waals surface area contributed by atoms with Crippen LogP contribution in [0.2, 0.25) is 0 Å². The van der Waals surface area contributed by atoms with Gasteiger partial charge in [0.15, 0.2) is 5.13 Å². The van der Waals surface area contributed by atoms with Gasteiger partial charge in [0, 0.05) is 18.5 Å². The van der Waals surface area contributed by atoms with Crippen molar-refractivity contribution in [3.8, 4) is 0 Å². The SMILES string of the molecule is CC(C)CCN(CC(C)C(=O)O)c1nc(C(C)C)cs1. The maximum atomic E-state index is 11.1. The number of rotatable bonds is 8. The van der Waals surface area contributed by atoms with E-state index in [1.807, 2.05) is 0 Å². The van der Waals surface area contributed by atoms with Crippen LogP contribution in [-0.2, 0) is 4.79 Å². The van der Waals surface area contributed by atoms with Crippen molar-refractivity contribution < 1.29 is 9.90 Å². The van der Waals surface area contributed by atoms with E-state index in [1.54, 1.807) is 18.3 Å². The molecule has 0 spiro atoms. The maximum absolute atomic E-state index is 11.1. The van der Waals surface area contributed by atoms with Crippen LogP contribution in [-0.4, -0.2) is 29.1 Å². The molecule has 0 saturated carbocycles. The van der Waals surface area contributed by atoms with Crippen LogP contribution >= 0.6 is 11.3 Å². The van der Waals surface area contributed by atoms with Crippen LogP contribution in [0.1, 0.15) is 52.7 Å². The van der Waals surface area contributed by atoms with Gasteiger partial charge in [-0.05, 0) is 18.3 Å². The van der Waals surface area contributed by atoms with Crippen LogP contribution in [0.4, 0.5) is 5.13 Å². The number of aliphatic carboxylic acids is 1. The van der Waals surface area contributed by atoms with Crippen LogP contribution in [0.5, 0.6) is 0 Å². The van der Waals surface area contributed by atoms with Crippen LogP contribution in [0.3, 0.4) is 0 Å². The first kappa shape index (κ1) is 17.0. The first-order valence-electron chi connectivity index (χ1n) is 7.24. The molecule has 0 fully saturated rings. The van der Waals surface area contributed by atoms with Crippen molar-refractivity contribution in [2.45, 2.75) is 47.0 Å². The Hall–Kier alpha value is -1.10. The summed E-state index contributed by atoms with van der Waals surface area (Å²) in [6.07, 6.45) is 1.04. The number of hydrogen-bond acceptors (Lipinski definition) is 4. The predicted molar refractivity (Wildman–Crippen MR) is 84.7 cm³/mol. The van der Waals surface area contributed by atoms with Gasteiger partial charge < -0.3 is 10.0 Å². The Balaban J connectivity index is 2.81. The topological polar surface area (TPSA) is 53.4 Å². The highest BCUT2D eigenvalue weighted by molar-refractivity contribution is 7.13. The summed E-state index contributed by atoms with van der Waals surface area (Å²) >= 11 is 1.61. The second kappa shape index (κ2) is 7.62. The number of carbonyl (C=O) groups is 1. The number of aromatic nitrogens is 1. The van der Waals surface area contributed by atoms with Gasteiger partial charge in [0.05, 0.1) is 11.6 Å². The zero-order chi connectivity index (χ0) is 15.3. The minimum absolute atomic E-state index is 0.381. The second-order valence-electron chi connectivity index (χ2n) is 6.08. The molecule has 1 aromatic heterocycles. The highest BCUT2D eigenvalue weighted by Crippen LogP contribution is 2.26. The first-order chi connectivity index (χ1) is 9.31. The lowest BCUT2D eigenvalue weighted by atomic mass is 10.1. The van der Waals surface area contributed by atoms with Crippen molar-refractivity contribution in [1.82, 2.24) is 4.98 Å². The highest BCUT2D eigenvalue weighted by Gasteiger charge is 2.19. The number of carboxylic acids is 1. The summed E-state index contributed by atoms with van der Waals surface area (Å²) in [5, 5.41) is 12.1. The Morgan fingerprint density at radius 2 is 2.00 bits per heavy atom. The lowest BCUT2D eigenvalue weighted by molar-refractivity contribution is -0.140. The molecule has 1 N–H and O–H groups in total. The van der Waals surface area contributed by atoms with Crippen LogP contribution in [0.25, 0.3) is 0 Å². The van der Waals surface area contributed by atoms with Gasteiger partial charge in [0.2, 0.25) is 0 Å². The monoisotopic (exact) mass is 298 g/mol. The van der Waals surface area contributed by atoms with E-state index in [0.29, 0.717) is 18.4 Å². The van der Waals surface area contributed by atoms with E-state index in [4.69, 9.17) is 5.11 Å². The van der Waals surface area contributed by atoms with Crippen molar-refractivity contribution >= 4 is 22.4 Å². The number of thiazole rings is 1. The van der Waals surface area contributed by atoms with Gasteiger partial charge in [-0.25, -0.2) is 4.98 Å². The lowest BCUT2D eigenvalue weighted by Crippen LogP contribution is -2.33. The Kier molecular flexibility index (Phi) is 6.46. The Morgan fingerprint density at radius 3 is 2.45 bits per heavy atom. The molecule has 5 heteroatoms. The van der Waals surface area contributed by atoms with Crippen molar-refractivity contribution in [3.05, 3.63) is 11.1 Å². The summed E-state index contributed by atoms with van der Waals surface area (Å²) in [5.74, 6) is -0.125. The van der Waals surface area contributed by atoms with E-state index in [1.165, 1.54) is 0 Å². The molecule has 0 aromatic carbocycles. The summed E-state index contributed by atoms with van der Waals surface area (Å²) in [6.45, 7) is 11.7. The fraction of sp³-hybridized carbons (Fsp3) is 0.733. The van der Waals surface area contributed by atoms with Gasteiger partial charge >= 0.3 is 5.97 Å². The molecule has 0 amide bonds. The summed E-state index contributed by atoms with van der Waals surface area (Å²) in [6, 6.07) is 0. The molecule has 1 rings (SSSR count). The molecule has 114 valence electrons. The van der Waals surface area contributed by atoms with Crippen molar-refractivity contribution in [3.63, 3.8) is 0 Å². The van der Waals surface area contributed by atoms with Gasteiger partial charge in [0.1, 0.15) is 0 Å². The number of anilines is 1. The molecule has 1 aromatic rings. The van der Waals surface area contributed by atoms with Gasteiger partial charge in [0.25, 0.3) is 0 Å². The van der Waals surface area contributed by atoms with Crippen LogP contribution < -0.4 is 4.90 Å². The zero-order valence-corrected chi connectivity index (χ0v) is 13.9.